The molecule has 1 aromatic carbocycles. The van der Waals surface area contributed by atoms with Gasteiger partial charge in [0.15, 0.2) is 11.5 Å². The molecule has 7 heteroatoms. The molecule has 28 heavy (non-hydrogen) atoms. The Morgan fingerprint density at radius 1 is 0.964 bits per heavy atom. The number of benzene rings is 1. The van der Waals surface area contributed by atoms with Crippen LogP contribution < -0.4 is 19.5 Å². The molecule has 2 aliphatic rings. The van der Waals surface area contributed by atoms with Gasteiger partial charge in [-0.3, -0.25) is 9.59 Å². The molecule has 1 N–H and O–H groups in total. The normalized spacial score (nSPS) is 18.4. The smallest absolute Gasteiger partial charge is 0.225 e. The summed E-state index contributed by atoms with van der Waals surface area (Å²) in [5.74, 6) is 2.12. The predicted molar refractivity (Wildman–Crippen MR) is 105 cm³/mol. The average molecular weight is 390 g/mol. The van der Waals surface area contributed by atoms with Crippen molar-refractivity contribution in [3.63, 3.8) is 0 Å². The fourth-order valence-corrected chi connectivity index (χ4v) is 3.72. The van der Waals surface area contributed by atoms with E-state index in [2.05, 4.69) is 5.32 Å². The number of ether oxygens (including phenoxy) is 3. The highest BCUT2D eigenvalue weighted by molar-refractivity contribution is 5.82. The van der Waals surface area contributed by atoms with Crippen molar-refractivity contribution in [3.05, 3.63) is 17.7 Å². The summed E-state index contributed by atoms with van der Waals surface area (Å²) in [4.78, 5) is 26.8. The number of rotatable bonds is 7. The largest absolute Gasteiger partial charge is 0.493 e. The van der Waals surface area contributed by atoms with E-state index < -0.39 is 0 Å². The maximum absolute atomic E-state index is 12.7. The number of nitrogens with one attached hydrogen (secondary N) is 1. The Balaban J connectivity index is 1.60. The van der Waals surface area contributed by atoms with Crippen molar-refractivity contribution in [1.82, 2.24) is 10.2 Å². The number of amides is 2. The first-order valence-electron chi connectivity index (χ1n) is 9.87. The Hall–Kier alpha value is -2.44. The van der Waals surface area contributed by atoms with Crippen LogP contribution in [-0.4, -0.2) is 51.1 Å². The highest BCUT2D eigenvalue weighted by Crippen LogP contribution is 2.39. The molecule has 7 nitrogen and oxygen atoms in total. The first-order chi connectivity index (χ1) is 13.5. The number of carbonyl (C=O) groups excluding carboxylic acids is 2. The Morgan fingerprint density at radius 3 is 2.00 bits per heavy atom. The first kappa shape index (κ1) is 20.3. The number of hydrogen-bond acceptors (Lipinski definition) is 5. The molecule has 0 bridgehead atoms. The Labute approximate surface area is 166 Å². The molecule has 1 unspecified atom stereocenters. The van der Waals surface area contributed by atoms with Gasteiger partial charge < -0.3 is 24.4 Å². The predicted octanol–water partition coefficient (Wildman–Crippen LogP) is 2.54. The molecule has 2 fully saturated rings. The molecule has 1 saturated heterocycles. The van der Waals surface area contributed by atoms with Gasteiger partial charge >= 0.3 is 0 Å². The Morgan fingerprint density at radius 2 is 1.54 bits per heavy atom. The minimum atomic E-state index is -0.202. The molecular weight excluding hydrogens is 360 g/mol. The lowest BCUT2D eigenvalue weighted by atomic mass is 9.94. The topological polar surface area (TPSA) is 77.1 Å². The zero-order chi connectivity index (χ0) is 20.3. The summed E-state index contributed by atoms with van der Waals surface area (Å²) < 4.78 is 16.1. The van der Waals surface area contributed by atoms with E-state index in [0.29, 0.717) is 43.2 Å². The van der Waals surface area contributed by atoms with Crippen LogP contribution in [-0.2, 0) is 9.59 Å². The third-order valence-electron chi connectivity index (χ3n) is 5.65. The molecule has 3 rings (SSSR count). The molecule has 0 aromatic heterocycles. The lowest BCUT2D eigenvalue weighted by Crippen LogP contribution is -2.44. The van der Waals surface area contributed by atoms with Crippen molar-refractivity contribution in [2.24, 2.45) is 11.8 Å². The fraction of sp³-hybridized carbons (Fsp3) is 0.619. The number of likely N-dealkylation sites (tertiary alicyclic amines) is 1. The van der Waals surface area contributed by atoms with Gasteiger partial charge in [-0.25, -0.2) is 0 Å². The Bertz CT molecular complexity index is 699. The molecule has 1 atom stereocenters. The second-order valence-electron chi connectivity index (χ2n) is 7.56. The van der Waals surface area contributed by atoms with Crippen LogP contribution in [0.5, 0.6) is 17.2 Å². The van der Waals surface area contributed by atoms with Gasteiger partial charge in [0, 0.05) is 24.9 Å². The van der Waals surface area contributed by atoms with Gasteiger partial charge in [-0.15, -0.1) is 0 Å². The number of carbonyl (C=O) groups is 2. The van der Waals surface area contributed by atoms with Gasteiger partial charge in [-0.2, -0.15) is 0 Å². The summed E-state index contributed by atoms with van der Waals surface area (Å²) in [7, 11) is 4.70. The summed E-state index contributed by atoms with van der Waals surface area (Å²) in [5, 5.41) is 3.09. The van der Waals surface area contributed by atoms with Crippen LogP contribution in [0.4, 0.5) is 0 Å². The van der Waals surface area contributed by atoms with Crippen molar-refractivity contribution in [3.8, 4) is 17.2 Å². The minimum Gasteiger partial charge on any atom is -0.493 e. The van der Waals surface area contributed by atoms with Crippen LogP contribution in [0.25, 0.3) is 0 Å². The SMILES string of the molecule is COc1cc(C(C)NC(=O)C2CCN(C(=O)C3CC3)CC2)cc(OC)c1OC. The van der Waals surface area contributed by atoms with Gasteiger partial charge in [0.2, 0.25) is 17.6 Å². The van der Waals surface area contributed by atoms with E-state index in [1.807, 2.05) is 24.0 Å². The monoisotopic (exact) mass is 390 g/mol. The van der Waals surface area contributed by atoms with Crippen molar-refractivity contribution in [2.75, 3.05) is 34.4 Å². The standard InChI is InChI=1S/C21H30N2O5/c1-13(16-11-17(26-2)19(28-4)18(12-16)27-3)22-20(24)14-7-9-23(10-8-14)21(25)15-5-6-15/h11-15H,5-10H2,1-4H3,(H,22,24). The fourth-order valence-electron chi connectivity index (χ4n) is 3.72. The zero-order valence-corrected chi connectivity index (χ0v) is 17.1. The molecule has 1 saturated carbocycles. The molecule has 1 aliphatic heterocycles. The summed E-state index contributed by atoms with van der Waals surface area (Å²) in [6.45, 7) is 3.28. The maximum atomic E-state index is 12.7. The van der Waals surface area contributed by atoms with Crippen molar-refractivity contribution < 1.29 is 23.8 Å². The van der Waals surface area contributed by atoms with Crippen LogP contribution >= 0.6 is 0 Å². The minimum absolute atomic E-state index is 0.0276. The van der Waals surface area contributed by atoms with E-state index in [1.54, 1.807) is 21.3 Å². The van der Waals surface area contributed by atoms with Crippen molar-refractivity contribution >= 4 is 11.8 Å². The average Bonchev–Trinajstić information content (AvgIpc) is 3.57. The van der Waals surface area contributed by atoms with E-state index >= 15 is 0 Å². The van der Waals surface area contributed by atoms with Crippen LogP contribution in [0.1, 0.15) is 44.2 Å². The van der Waals surface area contributed by atoms with E-state index in [1.165, 1.54) is 0 Å². The second kappa shape index (κ2) is 8.71. The van der Waals surface area contributed by atoms with E-state index in [-0.39, 0.29) is 29.7 Å². The summed E-state index contributed by atoms with van der Waals surface area (Å²) in [5.41, 5.74) is 0.879. The molecule has 0 spiro atoms. The summed E-state index contributed by atoms with van der Waals surface area (Å²) >= 11 is 0. The quantitative estimate of drug-likeness (QED) is 0.774. The van der Waals surface area contributed by atoms with Gasteiger partial charge in [-0.1, -0.05) is 0 Å². The highest BCUT2D eigenvalue weighted by Gasteiger charge is 2.36. The number of nitrogens with zero attached hydrogens (tertiary/aromatic N) is 1. The number of methoxy groups -OCH3 is 3. The summed E-state index contributed by atoms with van der Waals surface area (Å²) in [6.07, 6.45) is 3.47. The van der Waals surface area contributed by atoms with Crippen LogP contribution in [0, 0.1) is 11.8 Å². The molecule has 0 radical (unpaired) electrons. The number of hydrogen-bond donors (Lipinski definition) is 1. The first-order valence-corrected chi connectivity index (χ1v) is 9.87. The Kier molecular flexibility index (Phi) is 6.31. The summed E-state index contributed by atoms with van der Waals surface area (Å²) in [6, 6.07) is 3.50. The van der Waals surface area contributed by atoms with Crippen molar-refractivity contribution in [2.45, 2.75) is 38.6 Å². The molecule has 1 heterocycles. The van der Waals surface area contributed by atoms with Gasteiger partial charge in [0.1, 0.15) is 0 Å². The van der Waals surface area contributed by atoms with Gasteiger partial charge in [-0.05, 0) is 50.3 Å². The number of piperidine rings is 1. The lowest BCUT2D eigenvalue weighted by molar-refractivity contribution is -0.136. The molecule has 154 valence electrons. The van der Waals surface area contributed by atoms with Crippen LogP contribution in [0.15, 0.2) is 12.1 Å². The third-order valence-corrected chi connectivity index (χ3v) is 5.65. The van der Waals surface area contributed by atoms with Gasteiger partial charge in [0.25, 0.3) is 0 Å². The zero-order valence-electron chi connectivity index (χ0n) is 17.1. The van der Waals surface area contributed by atoms with Crippen LogP contribution in [0.2, 0.25) is 0 Å². The van der Waals surface area contributed by atoms with E-state index in [4.69, 9.17) is 14.2 Å². The van der Waals surface area contributed by atoms with E-state index in [9.17, 15) is 9.59 Å². The molecule has 1 aromatic rings. The lowest BCUT2D eigenvalue weighted by Gasteiger charge is -2.32. The van der Waals surface area contributed by atoms with Gasteiger partial charge in [0.05, 0.1) is 27.4 Å². The second-order valence-corrected chi connectivity index (χ2v) is 7.56. The van der Waals surface area contributed by atoms with E-state index in [0.717, 1.165) is 18.4 Å². The third kappa shape index (κ3) is 4.34. The van der Waals surface area contributed by atoms with Crippen LogP contribution in [0.3, 0.4) is 0 Å². The van der Waals surface area contributed by atoms with Crippen molar-refractivity contribution in [1.29, 1.82) is 0 Å². The molecular formula is C21H30N2O5. The highest BCUT2D eigenvalue weighted by atomic mass is 16.5. The molecule has 1 aliphatic carbocycles. The maximum Gasteiger partial charge on any atom is 0.225 e. The molecule has 2 amide bonds.